The van der Waals surface area contributed by atoms with Crippen LogP contribution in [0.4, 0.5) is 0 Å². The van der Waals surface area contributed by atoms with E-state index >= 15 is 0 Å². The molecule has 0 radical (unpaired) electrons. The number of hydrogen-bond acceptors (Lipinski definition) is 0. The SMILES string of the molecule is [Cl][Ru]([Cl])=[CH]C=C1CCCCC1. The van der Waals surface area contributed by atoms with Crippen LogP contribution in [0.25, 0.3) is 0 Å². The molecule has 1 aliphatic carbocycles. The van der Waals surface area contributed by atoms with E-state index in [0.29, 0.717) is 0 Å². The van der Waals surface area contributed by atoms with Crippen LogP contribution in [0, 0.1) is 0 Å². The Hall–Kier alpha value is 0.813. The Morgan fingerprint density at radius 1 is 1.09 bits per heavy atom. The van der Waals surface area contributed by atoms with Crippen LogP contribution in [0.3, 0.4) is 0 Å². The molecule has 0 aromatic rings. The van der Waals surface area contributed by atoms with E-state index in [-0.39, 0.29) is 0 Å². The maximum absolute atomic E-state index is 5.71. The molecule has 0 saturated heterocycles. The molecule has 1 aliphatic rings. The van der Waals surface area contributed by atoms with E-state index in [1.54, 1.807) is 0 Å². The Morgan fingerprint density at radius 2 is 1.73 bits per heavy atom. The molecule has 0 aliphatic heterocycles. The summed E-state index contributed by atoms with van der Waals surface area (Å²) in [6.07, 6.45) is 8.74. The summed E-state index contributed by atoms with van der Waals surface area (Å²) in [7, 11) is 11.4. The summed E-state index contributed by atoms with van der Waals surface area (Å²) in [6.45, 7) is 0. The normalized spacial score (nSPS) is 19.5. The minimum absolute atomic E-state index is 1.26. The van der Waals surface area contributed by atoms with E-state index in [2.05, 4.69) is 6.08 Å². The van der Waals surface area contributed by atoms with Crippen molar-refractivity contribution in [3.63, 3.8) is 0 Å². The summed E-state index contributed by atoms with van der Waals surface area (Å²) >= 11 is -1.54. The molecule has 0 atom stereocenters. The van der Waals surface area contributed by atoms with Gasteiger partial charge in [-0.3, -0.25) is 0 Å². The number of hydrogen-bond donors (Lipinski definition) is 0. The first-order chi connectivity index (χ1) is 5.29. The molecule has 1 fully saturated rings. The van der Waals surface area contributed by atoms with E-state index in [4.69, 9.17) is 19.4 Å². The third-order valence-corrected chi connectivity index (χ3v) is 3.66. The van der Waals surface area contributed by atoms with Crippen LogP contribution in [0.2, 0.25) is 0 Å². The van der Waals surface area contributed by atoms with Crippen molar-refractivity contribution in [2.45, 2.75) is 32.1 Å². The molecule has 3 heteroatoms. The van der Waals surface area contributed by atoms with Gasteiger partial charge in [0.15, 0.2) is 0 Å². The fourth-order valence-electron chi connectivity index (χ4n) is 1.30. The molecule has 0 N–H and O–H groups in total. The monoisotopic (exact) mass is 280 g/mol. The Labute approximate surface area is 81.1 Å². The average Bonchev–Trinajstić information content (AvgIpc) is 2.03. The first-order valence-electron chi connectivity index (χ1n) is 3.80. The first-order valence-corrected chi connectivity index (χ1v) is 9.28. The van der Waals surface area contributed by atoms with Gasteiger partial charge in [0, 0.05) is 0 Å². The van der Waals surface area contributed by atoms with E-state index in [1.807, 2.05) is 4.61 Å². The van der Waals surface area contributed by atoms with Gasteiger partial charge in [-0.15, -0.1) is 0 Å². The predicted molar refractivity (Wildman–Crippen MR) is 48.9 cm³/mol. The maximum atomic E-state index is 5.71. The van der Waals surface area contributed by atoms with Crippen molar-refractivity contribution in [1.82, 2.24) is 0 Å². The number of allylic oxidation sites excluding steroid dienone is 2. The third-order valence-electron chi connectivity index (χ3n) is 1.88. The van der Waals surface area contributed by atoms with Crippen LogP contribution in [-0.2, 0) is 13.5 Å². The van der Waals surface area contributed by atoms with Crippen molar-refractivity contribution in [3.8, 4) is 0 Å². The van der Waals surface area contributed by atoms with Crippen LogP contribution in [0.15, 0.2) is 11.6 Å². The first kappa shape index (κ1) is 9.90. The van der Waals surface area contributed by atoms with E-state index in [1.165, 1.54) is 37.7 Å². The summed E-state index contributed by atoms with van der Waals surface area (Å²) in [4.78, 5) is 0. The summed E-state index contributed by atoms with van der Waals surface area (Å²) in [5.74, 6) is 0. The molecule has 0 spiro atoms. The van der Waals surface area contributed by atoms with Gasteiger partial charge in [-0.25, -0.2) is 0 Å². The second kappa shape index (κ2) is 5.46. The van der Waals surface area contributed by atoms with Crippen molar-refractivity contribution in [2.24, 2.45) is 0 Å². The molecule has 0 aromatic heterocycles. The topological polar surface area (TPSA) is 0 Å². The fraction of sp³-hybridized carbons (Fsp3) is 0.625. The Balaban J connectivity index is 2.44. The van der Waals surface area contributed by atoms with Crippen molar-refractivity contribution in [3.05, 3.63) is 11.6 Å². The van der Waals surface area contributed by atoms with Crippen molar-refractivity contribution >= 4 is 24.0 Å². The quantitative estimate of drug-likeness (QED) is 0.644. The van der Waals surface area contributed by atoms with Crippen LogP contribution >= 0.6 is 19.4 Å². The van der Waals surface area contributed by atoms with Crippen molar-refractivity contribution in [1.29, 1.82) is 0 Å². The second-order valence-electron chi connectivity index (χ2n) is 2.71. The van der Waals surface area contributed by atoms with Crippen LogP contribution in [0.5, 0.6) is 0 Å². The molecule has 11 heavy (non-hydrogen) atoms. The van der Waals surface area contributed by atoms with Crippen molar-refractivity contribution < 1.29 is 13.5 Å². The third kappa shape index (κ3) is 4.40. The summed E-state index contributed by atoms with van der Waals surface area (Å²) < 4.78 is 1.99. The zero-order chi connectivity index (χ0) is 8.10. The molecular weight excluding hydrogens is 268 g/mol. The van der Waals surface area contributed by atoms with Gasteiger partial charge in [-0.2, -0.15) is 0 Å². The molecule has 0 aromatic carbocycles. The summed E-state index contributed by atoms with van der Waals surface area (Å²) in [6, 6.07) is 0. The van der Waals surface area contributed by atoms with Crippen LogP contribution in [0.1, 0.15) is 32.1 Å². The molecule has 1 rings (SSSR count). The van der Waals surface area contributed by atoms with Gasteiger partial charge in [-0.1, -0.05) is 0 Å². The second-order valence-corrected chi connectivity index (χ2v) is 8.51. The van der Waals surface area contributed by atoms with E-state index in [9.17, 15) is 0 Å². The van der Waals surface area contributed by atoms with Gasteiger partial charge < -0.3 is 0 Å². The Bertz CT molecular complexity index is 173. The zero-order valence-electron chi connectivity index (χ0n) is 6.30. The Morgan fingerprint density at radius 3 is 2.27 bits per heavy atom. The van der Waals surface area contributed by atoms with E-state index in [0.717, 1.165) is 0 Å². The standard InChI is InChI=1S/C8H12.2ClH.Ru/c1-2-8-6-4-3-5-7-8;;;/h1-2H,3-7H2;2*1H;/q;;;+2/p-2. The van der Waals surface area contributed by atoms with Gasteiger partial charge in [0.25, 0.3) is 0 Å². The van der Waals surface area contributed by atoms with E-state index < -0.39 is 13.5 Å². The minimum atomic E-state index is -1.54. The molecular formula is C8H12Cl2Ru. The fourth-order valence-corrected chi connectivity index (χ4v) is 2.46. The summed E-state index contributed by atoms with van der Waals surface area (Å²) in [5, 5.41) is 0. The van der Waals surface area contributed by atoms with Gasteiger partial charge >= 0.3 is 81.3 Å². The zero-order valence-corrected chi connectivity index (χ0v) is 9.55. The van der Waals surface area contributed by atoms with Crippen LogP contribution < -0.4 is 0 Å². The Kier molecular flexibility index (Phi) is 4.91. The van der Waals surface area contributed by atoms with Crippen LogP contribution in [-0.4, -0.2) is 4.61 Å². The molecule has 0 heterocycles. The molecule has 1 saturated carbocycles. The number of rotatable bonds is 1. The molecule has 66 valence electrons. The average molecular weight is 280 g/mol. The summed E-state index contributed by atoms with van der Waals surface area (Å²) in [5.41, 5.74) is 1.54. The van der Waals surface area contributed by atoms with Gasteiger partial charge in [0.2, 0.25) is 0 Å². The molecule has 0 nitrogen and oxygen atoms in total. The number of halogens is 2. The predicted octanol–water partition coefficient (Wildman–Crippen LogP) is 3.60. The molecule has 0 unspecified atom stereocenters. The molecule has 0 amide bonds. The van der Waals surface area contributed by atoms with Gasteiger partial charge in [0.05, 0.1) is 0 Å². The van der Waals surface area contributed by atoms with Crippen molar-refractivity contribution in [2.75, 3.05) is 0 Å². The molecule has 0 bridgehead atoms. The van der Waals surface area contributed by atoms with Gasteiger partial charge in [-0.05, 0) is 0 Å². The van der Waals surface area contributed by atoms with Gasteiger partial charge in [0.1, 0.15) is 0 Å².